The van der Waals surface area contributed by atoms with Crippen LogP contribution in [-0.4, -0.2) is 52.0 Å². The number of hydrogen-bond donors (Lipinski definition) is 2. The van der Waals surface area contributed by atoms with E-state index in [-0.39, 0.29) is 24.5 Å². The van der Waals surface area contributed by atoms with E-state index in [1.807, 2.05) is 6.92 Å². The van der Waals surface area contributed by atoms with Crippen molar-refractivity contribution in [1.29, 1.82) is 0 Å². The molecule has 1 aliphatic rings. The third-order valence-electron chi connectivity index (χ3n) is 4.28. The molecule has 2 N–H and O–H groups in total. The van der Waals surface area contributed by atoms with Crippen molar-refractivity contribution < 1.29 is 23.9 Å². The molecule has 0 aliphatic carbocycles. The van der Waals surface area contributed by atoms with Gasteiger partial charge in [-0.15, -0.1) is 0 Å². The normalized spacial score (nSPS) is 16.1. The molecule has 0 fully saturated rings. The molecule has 0 saturated carbocycles. The lowest BCUT2D eigenvalue weighted by Crippen LogP contribution is -2.51. The van der Waals surface area contributed by atoms with E-state index in [1.54, 1.807) is 42.2 Å². The summed E-state index contributed by atoms with van der Waals surface area (Å²) in [6, 6.07) is 5.61. The Morgan fingerprint density at radius 2 is 1.90 bits per heavy atom. The third-order valence-corrected chi connectivity index (χ3v) is 4.28. The predicted molar refractivity (Wildman–Crippen MR) is 101 cm³/mol. The van der Waals surface area contributed by atoms with Crippen molar-refractivity contribution in [3.05, 3.63) is 53.8 Å². The molecule has 10 nitrogen and oxygen atoms in total. The van der Waals surface area contributed by atoms with Crippen molar-refractivity contribution in [2.75, 3.05) is 13.2 Å². The molecule has 0 unspecified atom stereocenters. The van der Waals surface area contributed by atoms with Gasteiger partial charge in [0.05, 0.1) is 35.2 Å². The van der Waals surface area contributed by atoms with Crippen LogP contribution in [0, 0.1) is 0 Å². The fraction of sp³-hybridized carbons (Fsp3) is 0.316. The molecule has 0 spiro atoms. The summed E-state index contributed by atoms with van der Waals surface area (Å²) < 4.78 is 11.9. The van der Waals surface area contributed by atoms with Crippen LogP contribution in [0.1, 0.15) is 30.6 Å². The van der Waals surface area contributed by atoms with Gasteiger partial charge in [0.25, 0.3) is 0 Å². The maximum atomic E-state index is 12.4. The summed E-state index contributed by atoms with van der Waals surface area (Å²) in [6.07, 6.45) is 3.44. The van der Waals surface area contributed by atoms with Crippen LogP contribution >= 0.6 is 0 Å². The Balaban J connectivity index is 1.74. The third kappa shape index (κ3) is 4.60. The van der Waals surface area contributed by atoms with Gasteiger partial charge in [0, 0.05) is 0 Å². The van der Waals surface area contributed by atoms with Crippen molar-refractivity contribution in [2.45, 2.75) is 26.3 Å². The van der Waals surface area contributed by atoms with E-state index < -0.39 is 24.0 Å². The van der Waals surface area contributed by atoms with E-state index in [9.17, 15) is 14.4 Å². The summed E-state index contributed by atoms with van der Waals surface area (Å²) >= 11 is 0. The molecule has 0 bridgehead atoms. The van der Waals surface area contributed by atoms with Crippen LogP contribution < -0.4 is 10.6 Å². The predicted octanol–water partition coefficient (Wildman–Crippen LogP) is 1.33. The van der Waals surface area contributed by atoms with Crippen LogP contribution in [0.2, 0.25) is 0 Å². The molecule has 152 valence electrons. The zero-order valence-electron chi connectivity index (χ0n) is 16.0. The van der Waals surface area contributed by atoms with Crippen LogP contribution in [0.5, 0.6) is 0 Å². The Labute approximate surface area is 166 Å². The van der Waals surface area contributed by atoms with Crippen LogP contribution in [-0.2, 0) is 14.3 Å². The van der Waals surface area contributed by atoms with Gasteiger partial charge in [-0.3, -0.25) is 0 Å². The lowest BCUT2D eigenvalue weighted by Gasteiger charge is -2.28. The van der Waals surface area contributed by atoms with Gasteiger partial charge in [-0.05, 0) is 37.6 Å². The number of carbonyl (C=O) groups is 3. The highest BCUT2D eigenvalue weighted by Crippen LogP contribution is 2.18. The van der Waals surface area contributed by atoms with Gasteiger partial charge in [-0.2, -0.15) is 5.10 Å². The first-order valence-corrected chi connectivity index (χ1v) is 9.13. The van der Waals surface area contributed by atoms with Gasteiger partial charge in [-0.1, -0.05) is 6.92 Å². The van der Waals surface area contributed by atoms with Crippen LogP contribution in [0.25, 0.3) is 5.69 Å². The lowest BCUT2D eigenvalue weighted by molar-refractivity contribution is -0.139. The maximum absolute atomic E-state index is 12.4. The molecule has 29 heavy (non-hydrogen) atoms. The Hall–Kier alpha value is -3.69. The Bertz CT molecular complexity index is 921. The van der Waals surface area contributed by atoms with Crippen molar-refractivity contribution in [2.24, 2.45) is 0 Å². The zero-order valence-corrected chi connectivity index (χ0v) is 16.0. The number of nitrogens with zero attached hydrogens (tertiary/aromatic N) is 3. The van der Waals surface area contributed by atoms with E-state index in [4.69, 9.17) is 9.47 Å². The standard InChI is InChI=1S/C19H21N5O5/c1-3-14-16(18(26)28-4-2)15(23-19(27)22-14)9-29-17(25)12-5-7-13(8-6-12)24-11-20-10-21-24/h5-8,10-11,14H,3-4,9H2,1-2H3,(H2,22,23,27)/t14-/m1/s1. The van der Waals surface area contributed by atoms with Crippen molar-refractivity contribution in [3.63, 3.8) is 0 Å². The number of rotatable bonds is 7. The molecular formula is C19H21N5O5. The first-order chi connectivity index (χ1) is 14.0. The number of carbonyl (C=O) groups excluding carboxylic acids is 3. The van der Waals surface area contributed by atoms with E-state index in [2.05, 4.69) is 20.7 Å². The Kier molecular flexibility index (Phi) is 6.22. The zero-order chi connectivity index (χ0) is 20.8. The number of amides is 2. The van der Waals surface area contributed by atoms with Gasteiger partial charge in [-0.25, -0.2) is 24.0 Å². The first kappa shape index (κ1) is 20.1. The lowest BCUT2D eigenvalue weighted by atomic mass is 10.0. The van der Waals surface area contributed by atoms with E-state index in [0.29, 0.717) is 12.0 Å². The average Bonchev–Trinajstić information content (AvgIpc) is 3.26. The highest BCUT2D eigenvalue weighted by molar-refractivity contribution is 5.95. The summed E-state index contributed by atoms with van der Waals surface area (Å²) in [5, 5.41) is 9.21. The van der Waals surface area contributed by atoms with E-state index in [1.165, 1.54) is 6.33 Å². The molecule has 1 aromatic heterocycles. The van der Waals surface area contributed by atoms with Crippen LogP contribution in [0.4, 0.5) is 4.79 Å². The topological polar surface area (TPSA) is 124 Å². The molecule has 0 saturated heterocycles. The number of ether oxygens (including phenoxy) is 2. The number of urea groups is 1. The molecule has 10 heteroatoms. The molecule has 2 amide bonds. The largest absolute Gasteiger partial charge is 0.463 e. The van der Waals surface area contributed by atoms with Crippen LogP contribution in [0.15, 0.2) is 48.2 Å². The second kappa shape index (κ2) is 9.00. The minimum atomic E-state index is -0.591. The van der Waals surface area contributed by atoms with Crippen LogP contribution in [0.3, 0.4) is 0 Å². The highest BCUT2D eigenvalue weighted by Gasteiger charge is 2.32. The first-order valence-electron chi connectivity index (χ1n) is 9.13. The quantitative estimate of drug-likeness (QED) is 0.673. The summed E-state index contributed by atoms with van der Waals surface area (Å²) in [5.41, 5.74) is 1.53. The molecule has 3 rings (SSSR count). The molecule has 1 atom stereocenters. The second-order valence-electron chi connectivity index (χ2n) is 6.14. The average molecular weight is 399 g/mol. The summed E-state index contributed by atoms with van der Waals surface area (Å²) in [7, 11) is 0. The van der Waals surface area contributed by atoms with Crippen molar-refractivity contribution in [3.8, 4) is 5.69 Å². The number of esters is 2. The van der Waals surface area contributed by atoms with Gasteiger partial charge in [0.15, 0.2) is 0 Å². The smallest absolute Gasteiger partial charge is 0.338 e. The fourth-order valence-electron chi connectivity index (χ4n) is 2.89. The molecule has 2 heterocycles. The van der Waals surface area contributed by atoms with Gasteiger partial charge < -0.3 is 20.1 Å². The van der Waals surface area contributed by atoms with Gasteiger partial charge in [0.1, 0.15) is 19.3 Å². The number of nitrogens with one attached hydrogen (secondary N) is 2. The number of benzene rings is 1. The maximum Gasteiger partial charge on any atom is 0.338 e. The number of aromatic nitrogens is 3. The van der Waals surface area contributed by atoms with Crippen molar-refractivity contribution in [1.82, 2.24) is 25.4 Å². The second-order valence-corrected chi connectivity index (χ2v) is 6.14. The van der Waals surface area contributed by atoms with E-state index >= 15 is 0 Å². The summed E-state index contributed by atoms with van der Waals surface area (Å²) in [4.78, 5) is 40.5. The van der Waals surface area contributed by atoms with Gasteiger partial charge >= 0.3 is 18.0 Å². The monoisotopic (exact) mass is 399 g/mol. The molecule has 1 aliphatic heterocycles. The number of hydrogen-bond acceptors (Lipinski definition) is 7. The van der Waals surface area contributed by atoms with Gasteiger partial charge in [0.2, 0.25) is 0 Å². The minimum Gasteiger partial charge on any atom is -0.463 e. The molecule has 2 aromatic rings. The molecular weight excluding hydrogens is 378 g/mol. The summed E-state index contributed by atoms with van der Waals surface area (Å²) in [6.45, 7) is 3.45. The molecule has 0 radical (unpaired) electrons. The Morgan fingerprint density at radius 3 is 2.52 bits per heavy atom. The Morgan fingerprint density at radius 1 is 1.14 bits per heavy atom. The highest BCUT2D eigenvalue weighted by atomic mass is 16.5. The fourth-order valence-corrected chi connectivity index (χ4v) is 2.89. The SMILES string of the molecule is CCOC(=O)C1=C(COC(=O)c2ccc(-n3cncn3)cc2)NC(=O)N[C@@H]1CC. The van der Waals surface area contributed by atoms with Crippen molar-refractivity contribution >= 4 is 18.0 Å². The minimum absolute atomic E-state index is 0.192. The molecule has 1 aromatic carbocycles. The summed E-state index contributed by atoms with van der Waals surface area (Å²) in [5.74, 6) is -1.15. The van der Waals surface area contributed by atoms with E-state index in [0.717, 1.165) is 5.69 Å².